The van der Waals surface area contributed by atoms with Crippen molar-refractivity contribution in [3.63, 3.8) is 0 Å². The number of hydrogen-bond donors (Lipinski definition) is 0. The minimum absolute atomic E-state index is 0.209. The summed E-state index contributed by atoms with van der Waals surface area (Å²) in [5.74, 6) is 0.264. The molecule has 3 aliphatic heterocycles. The zero-order valence-corrected chi connectivity index (χ0v) is 19.8. The molecule has 0 N–H and O–H groups in total. The second kappa shape index (κ2) is 11.0. The summed E-state index contributed by atoms with van der Waals surface area (Å²) in [5.41, 5.74) is 1.60. The maximum atomic E-state index is 12.8. The van der Waals surface area contributed by atoms with Crippen molar-refractivity contribution >= 4 is 5.91 Å². The van der Waals surface area contributed by atoms with Gasteiger partial charge in [-0.3, -0.25) is 9.69 Å². The molecule has 2 fully saturated rings. The second-order valence-electron chi connectivity index (χ2n) is 9.66. The number of aromatic nitrogens is 3. The Morgan fingerprint density at radius 3 is 2.56 bits per heavy atom. The molecule has 1 aromatic rings. The first kappa shape index (κ1) is 23.6. The summed E-state index contributed by atoms with van der Waals surface area (Å²) in [4.78, 5) is 17.2. The van der Waals surface area contributed by atoms with Crippen LogP contribution in [0.2, 0.25) is 0 Å². The van der Waals surface area contributed by atoms with Crippen molar-refractivity contribution in [2.45, 2.75) is 83.8 Å². The molecule has 0 unspecified atom stereocenters. The normalized spacial score (nSPS) is 21.7. The van der Waals surface area contributed by atoms with E-state index in [4.69, 9.17) is 14.2 Å². The Labute approximate surface area is 191 Å². The third-order valence-electron chi connectivity index (χ3n) is 6.87. The third kappa shape index (κ3) is 6.07. The number of hydrogen-bond acceptors (Lipinski definition) is 7. The van der Waals surface area contributed by atoms with Crippen molar-refractivity contribution in [3.8, 4) is 0 Å². The average molecular weight is 450 g/mol. The molecule has 1 spiro atoms. The fourth-order valence-corrected chi connectivity index (χ4v) is 4.87. The number of nitrogens with zero attached hydrogens (tertiary/aromatic N) is 5. The number of likely N-dealkylation sites (tertiary alicyclic amines) is 2. The van der Waals surface area contributed by atoms with Crippen LogP contribution >= 0.6 is 0 Å². The fourth-order valence-electron chi connectivity index (χ4n) is 4.87. The van der Waals surface area contributed by atoms with Gasteiger partial charge in [0.2, 0.25) is 5.91 Å². The zero-order valence-electron chi connectivity index (χ0n) is 19.8. The number of carbonyl (C=O) groups excluding carboxylic acids is 1. The molecule has 0 aliphatic carbocycles. The van der Waals surface area contributed by atoms with Gasteiger partial charge in [0.25, 0.3) is 0 Å². The number of fused-ring (bicyclic) bond motifs is 1. The van der Waals surface area contributed by atoms with Gasteiger partial charge >= 0.3 is 0 Å². The van der Waals surface area contributed by atoms with Crippen molar-refractivity contribution in [2.75, 3.05) is 45.9 Å². The summed E-state index contributed by atoms with van der Waals surface area (Å²) in [5, 5.41) is 8.68. The molecule has 1 aromatic heterocycles. The number of rotatable bonds is 8. The van der Waals surface area contributed by atoms with E-state index in [1.165, 1.54) is 25.7 Å². The van der Waals surface area contributed by atoms with Gasteiger partial charge in [-0.1, -0.05) is 18.1 Å². The minimum Gasteiger partial charge on any atom is -0.376 e. The summed E-state index contributed by atoms with van der Waals surface area (Å²) >= 11 is 0. The Bertz CT molecular complexity index is 737. The highest BCUT2D eigenvalue weighted by atomic mass is 16.5. The molecule has 1 amide bonds. The van der Waals surface area contributed by atoms with Crippen LogP contribution in [0.1, 0.15) is 63.8 Å². The van der Waals surface area contributed by atoms with Crippen LogP contribution in [0.25, 0.3) is 0 Å². The van der Waals surface area contributed by atoms with Crippen LogP contribution < -0.4 is 0 Å². The molecular formula is C23H39N5O4. The van der Waals surface area contributed by atoms with Crippen molar-refractivity contribution in [1.29, 1.82) is 0 Å². The second-order valence-corrected chi connectivity index (χ2v) is 9.66. The van der Waals surface area contributed by atoms with Gasteiger partial charge in [0.15, 0.2) is 0 Å². The van der Waals surface area contributed by atoms with Crippen molar-refractivity contribution in [3.05, 3.63) is 11.4 Å². The van der Waals surface area contributed by atoms with E-state index in [0.29, 0.717) is 39.5 Å². The van der Waals surface area contributed by atoms with Crippen LogP contribution in [0.4, 0.5) is 0 Å². The van der Waals surface area contributed by atoms with E-state index in [2.05, 4.69) is 15.2 Å². The van der Waals surface area contributed by atoms with Crippen LogP contribution in [0.5, 0.6) is 0 Å². The fraction of sp³-hybridized carbons (Fsp3) is 0.870. The lowest BCUT2D eigenvalue weighted by Gasteiger charge is -2.44. The molecule has 0 aromatic carbocycles. The van der Waals surface area contributed by atoms with E-state index in [0.717, 1.165) is 50.4 Å². The maximum Gasteiger partial charge on any atom is 0.236 e. The average Bonchev–Trinajstić information content (AvgIpc) is 2.98. The quantitative estimate of drug-likeness (QED) is 0.561. The molecule has 0 saturated carbocycles. The Morgan fingerprint density at radius 1 is 1.09 bits per heavy atom. The van der Waals surface area contributed by atoms with Gasteiger partial charge in [-0.05, 0) is 52.6 Å². The van der Waals surface area contributed by atoms with Crippen LogP contribution in [-0.4, -0.2) is 88.3 Å². The van der Waals surface area contributed by atoms with E-state index in [-0.39, 0.29) is 17.6 Å². The molecule has 4 rings (SSSR count). The summed E-state index contributed by atoms with van der Waals surface area (Å²) < 4.78 is 19.5. The first-order valence-corrected chi connectivity index (χ1v) is 12.3. The van der Waals surface area contributed by atoms with Gasteiger partial charge < -0.3 is 19.1 Å². The van der Waals surface area contributed by atoms with Gasteiger partial charge in [-0.25, -0.2) is 4.68 Å². The van der Waals surface area contributed by atoms with E-state index in [9.17, 15) is 4.79 Å². The summed E-state index contributed by atoms with van der Waals surface area (Å²) in [6.07, 6.45) is 6.90. The van der Waals surface area contributed by atoms with Gasteiger partial charge in [0.1, 0.15) is 5.69 Å². The number of carbonyl (C=O) groups is 1. The standard InChI is InChI=1S/C23H39N5O4/c1-19(2)31-14-13-30-16-20-21-17-32-23(18-28(21)25-24-20)7-11-27(12-8-23)22(29)15-26-9-5-3-4-6-10-26/h19H,3-18H2,1-2H3. The van der Waals surface area contributed by atoms with Gasteiger partial charge in [0.05, 0.1) is 56.9 Å². The highest BCUT2D eigenvalue weighted by molar-refractivity contribution is 5.78. The number of amides is 1. The number of piperidine rings is 1. The van der Waals surface area contributed by atoms with E-state index in [1.807, 2.05) is 23.4 Å². The van der Waals surface area contributed by atoms with Crippen LogP contribution in [0.15, 0.2) is 0 Å². The van der Waals surface area contributed by atoms with Gasteiger partial charge in [-0.2, -0.15) is 0 Å². The molecule has 4 heterocycles. The van der Waals surface area contributed by atoms with Crippen molar-refractivity contribution in [1.82, 2.24) is 24.8 Å². The summed E-state index contributed by atoms with van der Waals surface area (Å²) in [6, 6.07) is 0. The molecule has 2 saturated heterocycles. The largest absolute Gasteiger partial charge is 0.376 e. The minimum atomic E-state index is -0.247. The molecule has 0 radical (unpaired) electrons. The van der Waals surface area contributed by atoms with Crippen LogP contribution in [0, 0.1) is 0 Å². The zero-order chi connectivity index (χ0) is 22.4. The first-order chi connectivity index (χ1) is 15.5. The lowest BCUT2D eigenvalue weighted by Crippen LogP contribution is -2.53. The summed E-state index contributed by atoms with van der Waals surface area (Å²) in [6.45, 7) is 10.9. The predicted molar refractivity (Wildman–Crippen MR) is 119 cm³/mol. The summed E-state index contributed by atoms with van der Waals surface area (Å²) in [7, 11) is 0. The molecule has 0 bridgehead atoms. The van der Waals surface area contributed by atoms with E-state index < -0.39 is 0 Å². The smallest absolute Gasteiger partial charge is 0.236 e. The molecule has 32 heavy (non-hydrogen) atoms. The maximum absolute atomic E-state index is 12.8. The lowest BCUT2D eigenvalue weighted by atomic mass is 9.89. The molecule has 9 heteroatoms. The van der Waals surface area contributed by atoms with Gasteiger partial charge in [-0.15, -0.1) is 5.10 Å². The first-order valence-electron chi connectivity index (χ1n) is 12.3. The van der Waals surface area contributed by atoms with Crippen LogP contribution in [0.3, 0.4) is 0 Å². The SMILES string of the molecule is CC(C)OCCOCc1nnn2c1COC1(CCN(C(=O)CN3CCCCCC3)CC1)C2. The Morgan fingerprint density at radius 2 is 1.84 bits per heavy atom. The molecule has 3 aliphatic rings. The van der Waals surface area contributed by atoms with Crippen molar-refractivity contribution in [2.24, 2.45) is 0 Å². The Balaban J connectivity index is 1.23. The molecule has 9 nitrogen and oxygen atoms in total. The van der Waals surface area contributed by atoms with Crippen LogP contribution in [-0.2, 0) is 38.8 Å². The Hall–Kier alpha value is -1.55. The highest BCUT2D eigenvalue weighted by Crippen LogP contribution is 2.33. The van der Waals surface area contributed by atoms with Gasteiger partial charge in [0, 0.05) is 13.1 Å². The highest BCUT2D eigenvalue weighted by Gasteiger charge is 2.41. The molecular weight excluding hydrogens is 410 g/mol. The van der Waals surface area contributed by atoms with E-state index in [1.54, 1.807) is 0 Å². The Kier molecular flexibility index (Phi) is 8.15. The predicted octanol–water partition coefficient (Wildman–Crippen LogP) is 1.99. The third-order valence-corrected chi connectivity index (χ3v) is 6.87. The monoisotopic (exact) mass is 449 g/mol. The van der Waals surface area contributed by atoms with Crippen molar-refractivity contribution < 1.29 is 19.0 Å². The lowest BCUT2D eigenvalue weighted by molar-refractivity contribution is -0.147. The topological polar surface area (TPSA) is 82.0 Å². The number of ether oxygens (including phenoxy) is 3. The molecule has 180 valence electrons. The molecule has 0 atom stereocenters. The van der Waals surface area contributed by atoms with E-state index >= 15 is 0 Å².